The molecule has 0 N–H and O–H groups in total. The Morgan fingerprint density at radius 3 is 2.48 bits per heavy atom. The van der Waals surface area contributed by atoms with Gasteiger partial charge in [-0.2, -0.15) is 13.2 Å². The summed E-state index contributed by atoms with van der Waals surface area (Å²) in [4.78, 5) is 13.4. The number of halogens is 4. The second-order valence-corrected chi connectivity index (χ2v) is 6.77. The number of hydrogen-bond donors (Lipinski definition) is 0. The monoisotopic (exact) mass is 361 g/mol. The number of rotatable bonds is 3. The molecule has 2 aromatic rings. The highest BCUT2D eigenvalue weighted by molar-refractivity contribution is 7.20. The van der Waals surface area contributed by atoms with Gasteiger partial charge in [-0.05, 0) is 36.2 Å². The number of benzene rings is 1. The minimum absolute atomic E-state index is 0.190. The molecule has 0 saturated carbocycles. The summed E-state index contributed by atoms with van der Waals surface area (Å²) >= 11 is 7.14. The molecule has 1 aromatic carbocycles. The number of carbonyl (C=O) groups is 1. The number of alkyl halides is 3. The van der Waals surface area contributed by atoms with Crippen molar-refractivity contribution in [2.75, 3.05) is 11.5 Å². The molecule has 3 rings (SSSR count). The maximum Gasteiger partial charge on any atom is 0.416 e. The van der Waals surface area contributed by atoms with Crippen LogP contribution in [0.25, 0.3) is 0 Å². The Morgan fingerprint density at radius 2 is 1.91 bits per heavy atom. The molecule has 0 radical (unpaired) electrons. The van der Waals surface area contributed by atoms with E-state index in [1.54, 1.807) is 12.1 Å². The summed E-state index contributed by atoms with van der Waals surface area (Å²) < 4.78 is 43.3. The van der Waals surface area contributed by atoms with Crippen molar-refractivity contribution in [1.29, 1.82) is 0 Å². The topological polar surface area (TPSA) is 29.5 Å². The first-order valence-electron chi connectivity index (χ1n) is 6.72. The van der Waals surface area contributed by atoms with Gasteiger partial charge in [0.25, 0.3) is 0 Å². The van der Waals surface area contributed by atoms with Crippen LogP contribution in [0.15, 0.2) is 36.4 Å². The van der Waals surface area contributed by atoms with Crippen LogP contribution >= 0.6 is 22.9 Å². The third-order valence-electron chi connectivity index (χ3n) is 3.51. The van der Waals surface area contributed by atoms with E-state index in [-0.39, 0.29) is 12.6 Å². The van der Waals surface area contributed by atoms with Crippen LogP contribution in [-0.2, 0) is 17.3 Å². The third kappa shape index (κ3) is 3.45. The summed E-state index contributed by atoms with van der Waals surface area (Å²) in [5.41, 5.74) is 0.0100. The number of ether oxygens (including phenoxy) is 1. The number of cyclic esters (lactones) is 1. The number of anilines is 1. The van der Waals surface area contributed by atoms with Crippen molar-refractivity contribution < 1.29 is 22.7 Å². The molecule has 1 atom stereocenters. The Bertz CT molecular complexity index is 714. The Kier molecular flexibility index (Phi) is 4.25. The normalized spacial score (nSPS) is 18.3. The van der Waals surface area contributed by atoms with Gasteiger partial charge in [-0.15, -0.1) is 11.3 Å². The fourth-order valence-electron chi connectivity index (χ4n) is 2.42. The molecule has 0 aliphatic carbocycles. The number of carbonyl (C=O) groups excluding carboxylic acids is 1. The van der Waals surface area contributed by atoms with Gasteiger partial charge in [-0.3, -0.25) is 4.90 Å². The van der Waals surface area contributed by atoms with Gasteiger partial charge < -0.3 is 4.74 Å². The molecular weight excluding hydrogens is 351 g/mol. The van der Waals surface area contributed by atoms with E-state index >= 15 is 0 Å². The van der Waals surface area contributed by atoms with E-state index in [1.165, 1.54) is 28.4 Å². The molecule has 1 aromatic heterocycles. The van der Waals surface area contributed by atoms with E-state index in [0.29, 0.717) is 21.3 Å². The molecular formula is C15H11ClF3NO2S. The minimum Gasteiger partial charge on any atom is -0.447 e. The van der Waals surface area contributed by atoms with Crippen molar-refractivity contribution in [3.8, 4) is 0 Å². The van der Waals surface area contributed by atoms with Crippen molar-refractivity contribution in [2.45, 2.75) is 18.6 Å². The molecule has 1 unspecified atom stereocenters. The van der Waals surface area contributed by atoms with Gasteiger partial charge in [0, 0.05) is 0 Å². The molecule has 2 heterocycles. The van der Waals surface area contributed by atoms with Gasteiger partial charge in [-0.25, -0.2) is 4.79 Å². The third-order valence-corrected chi connectivity index (χ3v) is 4.74. The Morgan fingerprint density at radius 1 is 1.22 bits per heavy atom. The van der Waals surface area contributed by atoms with E-state index in [4.69, 9.17) is 16.3 Å². The van der Waals surface area contributed by atoms with Crippen molar-refractivity contribution in [3.63, 3.8) is 0 Å². The summed E-state index contributed by atoms with van der Waals surface area (Å²) in [5, 5.41) is 0.661. The first-order chi connectivity index (χ1) is 10.8. The lowest BCUT2D eigenvalue weighted by Crippen LogP contribution is -2.34. The maximum atomic E-state index is 12.6. The maximum absolute atomic E-state index is 12.6. The molecule has 1 saturated heterocycles. The average molecular weight is 362 g/mol. The molecule has 8 heteroatoms. The van der Waals surface area contributed by atoms with Crippen molar-refractivity contribution >= 4 is 34.0 Å². The number of hydrogen-bond acceptors (Lipinski definition) is 3. The van der Waals surface area contributed by atoms with E-state index in [0.717, 1.165) is 12.1 Å². The smallest absolute Gasteiger partial charge is 0.416 e. The molecule has 0 bridgehead atoms. The summed E-state index contributed by atoms with van der Waals surface area (Å²) in [5.74, 6) is 0. The molecule has 1 aliphatic rings. The van der Waals surface area contributed by atoms with Crippen molar-refractivity contribution in [1.82, 2.24) is 0 Å². The van der Waals surface area contributed by atoms with E-state index in [1.807, 2.05) is 0 Å². The largest absolute Gasteiger partial charge is 0.447 e. The minimum atomic E-state index is -4.36. The van der Waals surface area contributed by atoms with Gasteiger partial charge in [0.15, 0.2) is 0 Å². The first-order valence-corrected chi connectivity index (χ1v) is 7.91. The van der Waals surface area contributed by atoms with Gasteiger partial charge in [0.1, 0.15) is 11.6 Å². The second kappa shape index (κ2) is 6.05. The number of amides is 1. The van der Waals surface area contributed by atoms with Crippen LogP contribution in [0, 0.1) is 0 Å². The van der Waals surface area contributed by atoms with Crippen LogP contribution in [-0.4, -0.2) is 18.7 Å². The fourth-order valence-corrected chi connectivity index (χ4v) is 3.51. The summed E-state index contributed by atoms with van der Waals surface area (Å²) in [6, 6.07) is 8.06. The zero-order chi connectivity index (χ0) is 16.6. The zero-order valence-electron chi connectivity index (χ0n) is 11.6. The predicted octanol–water partition coefficient (Wildman–Crippen LogP) is 4.99. The van der Waals surface area contributed by atoms with E-state index < -0.39 is 17.8 Å². The van der Waals surface area contributed by atoms with Crippen LogP contribution in [0.1, 0.15) is 11.1 Å². The molecule has 1 amide bonds. The summed E-state index contributed by atoms with van der Waals surface area (Å²) in [6.45, 7) is 0.190. The highest BCUT2D eigenvalue weighted by atomic mass is 35.5. The SMILES string of the molecule is O=C1OCC(Cc2ccc(C(F)(F)F)cc2)N1c1ccc(Cl)s1. The molecule has 3 nitrogen and oxygen atoms in total. The molecule has 1 fully saturated rings. The van der Waals surface area contributed by atoms with Crippen LogP contribution in [0.4, 0.5) is 23.0 Å². The van der Waals surface area contributed by atoms with Gasteiger partial charge in [0.2, 0.25) is 0 Å². The predicted molar refractivity (Wildman–Crippen MR) is 82.1 cm³/mol. The van der Waals surface area contributed by atoms with Crippen LogP contribution in [0.2, 0.25) is 4.34 Å². The Labute approximate surface area is 139 Å². The summed E-state index contributed by atoms with van der Waals surface area (Å²) in [6.07, 6.45) is -4.43. The Hall–Kier alpha value is -1.73. The molecule has 23 heavy (non-hydrogen) atoms. The lowest BCUT2D eigenvalue weighted by atomic mass is 10.0. The van der Waals surface area contributed by atoms with Gasteiger partial charge in [-0.1, -0.05) is 23.7 Å². The van der Waals surface area contributed by atoms with Crippen molar-refractivity contribution in [3.05, 3.63) is 51.9 Å². The fraction of sp³-hybridized carbons (Fsp3) is 0.267. The zero-order valence-corrected chi connectivity index (χ0v) is 13.2. The Balaban J connectivity index is 1.77. The standard InChI is InChI=1S/C15H11ClF3NO2S/c16-12-5-6-13(23-12)20-11(8-22-14(20)21)7-9-1-3-10(4-2-9)15(17,18)19/h1-6,11H,7-8H2. The highest BCUT2D eigenvalue weighted by Gasteiger charge is 2.35. The molecule has 122 valence electrons. The quantitative estimate of drug-likeness (QED) is 0.771. The molecule has 1 aliphatic heterocycles. The van der Waals surface area contributed by atoms with Crippen LogP contribution in [0.5, 0.6) is 0 Å². The van der Waals surface area contributed by atoms with Gasteiger partial charge >= 0.3 is 12.3 Å². The van der Waals surface area contributed by atoms with E-state index in [2.05, 4.69) is 0 Å². The van der Waals surface area contributed by atoms with Crippen LogP contribution < -0.4 is 4.90 Å². The lowest BCUT2D eigenvalue weighted by Gasteiger charge is -2.19. The summed E-state index contributed by atoms with van der Waals surface area (Å²) in [7, 11) is 0. The van der Waals surface area contributed by atoms with E-state index in [9.17, 15) is 18.0 Å². The van der Waals surface area contributed by atoms with Crippen LogP contribution in [0.3, 0.4) is 0 Å². The number of thiophene rings is 1. The average Bonchev–Trinajstić information content (AvgIpc) is 3.05. The van der Waals surface area contributed by atoms with Crippen molar-refractivity contribution in [2.24, 2.45) is 0 Å². The first kappa shape index (κ1) is 16.1. The second-order valence-electron chi connectivity index (χ2n) is 5.08. The van der Waals surface area contributed by atoms with Gasteiger partial charge in [0.05, 0.1) is 15.9 Å². The lowest BCUT2D eigenvalue weighted by molar-refractivity contribution is -0.137. The number of nitrogens with zero attached hydrogens (tertiary/aromatic N) is 1. The highest BCUT2D eigenvalue weighted by Crippen LogP contribution is 2.34. The molecule has 0 spiro atoms.